The smallest absolute Gasteiger partial charge is 0.240 e. The molecule has 3 fully saturated rings. The molecule has 1 spiro atoms. The summed E-state index contributed by atoms with van der Waals surface area (Å²) in [6.45, 7) is 7.31. The maximum absolute atomic E-state index is 12.9. The summed E-state index contributed by atoms with van der Waals surface area (Å²) >= 11 is 3.21. The van der Waals surface area contributed by atoms with Gasteiger partial charge in [-0.3, -0.25) is 19.9 Å². The standard InChI is InChI=1S/C27H35N9OS2/c1-38-22-7-3-2-6-20(22)14-35-18-27(19-35)10-5-12-34(17-27)16-24(37)30-26-33-32-25(39-26)29-21-9-13-36(15-21)23-8-4-11-28-31-23/h2-4,6-8,11,21H,5,9-10,12-19H2,1H3,(H,29,32)(H,30,33,37)/t21-/m1/s1. The number of carbonyl (C=O) groups is 1. The number of benzene rings is 1. The van der Waals surface area contributed by atoms with Crippen LogP contribution in [0.25, 0.3) is 0 Å². The van der Waals surface area contributed by atoms with Gasteiger partial charge in [0.1, 0.15) is 0 Å². The molecule has 12 heteroatoms. The van der Waals surface area contributed by atoms with Crippen molar-refractivity contribution in [2.45, 2.75) is 36.7 Å². The fourth-order valence-electron chi connectivity index (χ4n) is 6.21. The van der Waals surface area contributed by atoms with Crippen LogP contribution in [0.15, 0.2) is 47.5 Å². The van der Waals surface area contributed by atoms with E-state index in [1.807, 2.05) is 23.9 Å². The Kier molecular flexibility index (Phi) is 7.96. The average molecular weight is 566 g/mol. The zero-order chi connectivity index (χ0) is 26.7. The number of nitrogens with one attached hydrogen (secondary N) is 2. The van der Waals surface area contributed by atoms with E-state index in [-0.39, 0.29) is 11.9 Å². The molecule has 0 bridgehead atoms. The number of carbonyl (C=O) groups excluding carboxylic acids is 1. The highest BCUT2D eigenvalue weighted by molar-refractivity contribution is 7.98. The van der Waals surface area contributed by atoms with E-state index >= 15 is 0 Å². The van der Waals surface area contributed by atoms with Crippen LogP contribution in [0, 0.1) is 5.41 Å². The molecule has 3 saturated heterocycles. The molecular formula is C27H35N9OS2. The molecule has 0 saturated carbocycles. The second-order valence-electron chi connectivity index (χ2n) is 10.9. The molecule has 3 aromatic rings. The van der Waals surface area contributed by atoms with Gasteiger partial charge in [-0.2, -0.15) is 5.10 Å². The number of aromatic nitrogens is 4. The van der Waals surface area contributed by atoms with Gasteiger partial charge >= 0.3 is 0 Å². The van der Waals surface area contributed by atoms with Crippen LogP contribution in [-0.4, -0.2) is 94.2 Å². The molecule has 0 unspecified atom stereocenters. The van der Waals surface area contributed by atoms with E-state index in [1.165, 1.54) is 28.2 Å². The van der Waals surface area contributed by atoms with Crippen molar-refractivity contribution in [3.63, 3.8) is 0 Å². The molecule has 10 nitrogen and oxygen atoms in total. The zero-order valence-corrected chi connectivity index (χ0v) is 23.9. The Bertz CT molecular complexity index is 1270. The quantitative estimate of drug-likeness (QED) is 0.376. The minimum absolute atomic E-state index is 0.0190. The van der Waals surface area contributed by atoms with Gasteiger partial charge in [-0.1, -0.05) is 29.5 Å². The molecule has 5 heterocycles. The molecule has 1 amide bonds. The van der Waals surface area contributed by atoms with Crippen molar-refractivity contribution in [2.75, 3.05) is 67.6 Å². The molecule has 1 atom stereocenters. The fourth-order valence-corrected chi connectivity index (χ4v) is 7.56. The molecule has 0 radical (unpaired) electrons. The first-order chi connectivity index (χ1) is 19.1. The monoisotopic (exact) mass is 565 g/mol. The van der Waals surface area contributed by atoms with E-state index in [1.54, 1.807) is 6.20 Å². The molecule has 3 aliphatic heterocycles. The van der Waals surface area contributed by atoms with Crippen LogP contribution in [0.2, 0.25) is 0 Å². The van der Waals surface area contributed by atoms with Crippen LogP contribution in [0.4, 0.5) is 16.1 Å². The van der Waals surface area contributed by atoms with E-state index < -0.39 is 0 Å². The van der Waals surface area contributed by atoms with Gasteiger partial charge < -0.3 is 10.2 Å². The maximum atomic E-state index is 12.9. The third-order valence-corrected chi connectivity index (χ3v) is 9.49. The van der Waals surface area contributed by atoms with Gasteiger partial charge in [0, 0.05) is 61.8 Å². The second kappa shape index (κ2) is 11.7. The summed E-state index contributed by atoms with van der Waals surface area (Å²) in [5, 5.41) is 24.3. The van der Waals surface area contributed by atoms with E-state index in [0.29, 0.717) is 17.1 Å². The summed E-state index contributed by atoms with van der Waals surface area (Å²) in [6, 6.07) is 12.8. The van der Waals surface area contributed by atoms with Crippen LogP contribution in [-0.2, 0) is 11.3 Å². The molecule has 3 aliphatic rings. The highest BCUT2D eigenvalue weighted by atomic mass is 32.2. The number of hydrogen-bond acceptors (Lipinski definition) is 11. The van der Waals surface area contributed by atoms with Crippen LogP contribution in [0.3, 0.4) is 0 Å². The summed E-state index contributed by atoms with van der Waals surface area (Å²) in [5.74, 6) is 0.872. The van der Waals surface area contributed by atoms with Crippen LogP contribution in [0.1, 0.15) is 24.8 Å². The van der Waals surface area contributed by atoms with Gasteiger partial charge in [-0.15, -0.1) is 27.1 Å². The van der Waals surface area contributed by atoms with Crippen molar-refractivity contribution in [1.82, 2.24) is 30.2 Å². The molecule has 6 rings (SSSR count). The lowest BCUT2D eigenvalue weighted by molar-refractivity contribution is -0.119. The largest absolute Gasteiger partial charge is 0.355 e. The van der Waals surface area contributed by atoms with Crippen molar-refractivity contribution < 1.29 is 4.79 Å². The van der Waals surface area contributed by atoms with Gasteiger partial charge in [0.05, 0.1) is 6.54 Å². The Labute approximate surface area is 237 Å². The number of nitrogens with zero attached hydrogens (tertiary/aromatic N) is 7. The first-order valence-electron chi connectivity index (χ1n) is 13.6. The molecule has 206 valence electrons. The van der Waals surface area contributed by atoms with Gasteiger partial charge in [-0.25, -0.2) is 0 Å². The Balaban J connectivity index is 0.950. The van der Waals surface area contributed by atoms with Crippen LogP contribution < -0.4 is 15.5 Å². The lowest BCUT2D eigenvalue weighted by Crippen LogP contribution is -2.62. The predicted molar refractivity (Wildman–Crippen MR) is 156 cm³/mol. The number of rotatable bonds is 9. The zero-order valence-electron chi connectivity index (χ0n) is 22.3. The van der Waals surface area contributed by atoms with E-state index in [9.17, 15) is 4.79 Å². The Hall–Kier alpha value is -2.80. The van der Waals surface area contributed by atoms with Crippen molar-refractivity contribution in [2.24, 2.45) is 5.41 Å². The van der Waals surface area contributed by atoms with E-state index in [2.05, 4.69) is 76.2 Å². The van der Waals surface area contributed by atoms with Gasteiger partial charge in [0.25, 0.3) is 0 Å². The topological polar surface area (TPSA) is 102 Å². The number of thioether (sulfide) groups is 1. The lowest BCUT2D eigenvalue weighted by atomic mass is 9.73. The number of amides is 1. The van der Waals surface area contributed by atoms with Crippen molar-refractivity contribution in [3.05, 3.63) is 48.2 Å². The molecule has 2 N–H and O–H groups in total. The minimum atomic E-state index is -0.0190. The van der Waals surface area contributed by atoms with Crippen molar-refractivity contribution in [1.29, 1.82) is 0 Å². The Morgan fingerprint density at radius 2 is 1.92 bits per heavy atom. The van der Waals surface area contributed by atoms with Crippen molar-refractivity contribution in [3.8, 4) is 0 Å². The second-order valence-corrected chi connectivity index (χ2v) is 12.7. The van der Waals surface area contributed by atoms with Crippen LogP contribution >= 0.6 is 23.1 Å². The van der Waals surface area contributed by atoms with E-state index in [4.69, 9.17) is 0 Å². The number of hydrogen-bond donors (Lipinski definition) is 2. The van der Waals surface area contributed by atoms with Gasteiger partial charge in [-0.05, 0) is 55.8 Å². The average Bonchev–Trinajstić information content (AvgIpc) is 3.58. The summed E-state index contributed by atoms with van der Waals surface area (Å²) < 4.78 is 0. The number of piperidine rings is 1. The number of anilines is 3. The first kappa shape index (κ1) is 26.4. The highest BCUT2D eigenvalue weighted by Crippen LogP contribution is 2.40. The van der Waals surface area contributed by atoms with Crippen molar-refractivity contribution >= 4 is 45.1 Å². The SMILES string of the molecule is CSc1ccccc1CN1CC2(CCCN(CC(=O)Nc3nnc(N[C@@H]4CCN(c5cccnn5)C4)s3)C2)C1. The Morgan fingerprint density at radius 3 is 2.77 bits per heavy atom. The third-order valence-electron chi connectivity index (χ3n) is 7.88. The summed E-state index contributed by atoms with van der Waals surface area (Å²) in [7, 11) is 0. The Morgan fingerprint density at radius 1 is 1.08 bits per heavy atom. The van der Waals surface area contributed by atoms with Crippen LogP contribution in [0.5, 0.6) is 0 Å². The number of likely N-dealkylation sites (tertiary alicyclic amines) is 2. The van der Waals surface area contributed by atoms with E-state index in [0.717, 1.165) is 69.6 Å². The first-order valence-corrected chi connectivity index (χ1v) is 15.6. The molecule has 1 aromatic carbocycles. The minimum Gasteiger partial charge on any atom is -0.355 e. The molecule has 0 aliphatic carbocycles. The molecular weight excluding hydrogens is 530 g/mol. The predicted octanol–water partition coefficient (Wildman–Crippen LogP) is 3.28. The summed E-state index contributed by atoms with van der Waals surface area (Å²) in [4.78, 5) is 21.3. The summed E-state index contributed by atoms with van der Waals surface area (Å²) in [6.07, 6.45) is 7.19. The highest BCUT2D eigenvalue weighted by Gasteiger charge is 2.45. The molecule has 2 aromatic heterocycles. The molecule has 39 heavy (non-hydrogen) atoms. The van der Waals surface area contributed by atoms with Gasteiger partial charge in [0.15, 0.2) is 5.82 Å². The lowest BCUT2D eigenvalue weighted by Gasteiger charge is -2.55. The normalized spacial score (nSPS) is 21.2. The van der Waals surface area contributed by atoms with Gasteiger partial charge in [0.2, 0.25) is 16.2 Å². The third kappa shape index (κ3) is 6.34. The maximum Gasteiger partial charge on any atom is 0.240 e. The fraction of sp³-hybridized carbons (Fsp3) is 0.519. The summed E-state index contributed by atoms with van der Waals surface area (Å²) in [5.41, 5.74) is 1.72.